The summed E-state index contributed by atoms with van der Waals surface area (Å²) in [6, 6.07) is 2.79. The Kier molecular flexibility index (Phi) is 3.30. The van der Waals surface area contributed by atoms with Gasteiger partial charge in [0, 0.05) is 20.3 Å². The molecule has 1 aromatic heterocycles. The van der Waals surface area contributed by atoms with Crippen LogP contribution in [0.15, 0.2) is 10.5 Å². The van der Waals surface area contributed by atoms with Gasteiger partial charge in [0.15, 0.2) is 0 Å². The second-order valence-electron chi connectivity index (χ2n) is 4.03. The van der Waals surface area contributed by atoms with Gasteiger partial charge in [0.1, 0.15) is 0 Å². The van der Waals surface area contributed by atoms with Gasteiger partial charge in [-0.25, -0.2) is 0 Å². The Balaban J connectivity index is 2.21. The molecule has 1 aliphatic rings. The van der Waals surface area contributed by atoms with Crippen LogP contribution in [0, 0.1) is 12.8 Å². The monoisotopic (exact) mass is 273 g/mol. The molecule has 0 spiro atoms. The Morgan fingerprint density at radius 1 is 1.57 bits per heavy atom. The number of rotatable bonds is 3. The van der Waals surface area contributed by atoms with Crippen LogP contribution in [-0.2, 0) is 0 Å². The van der Waals surface area contributed by atoms with Crippen molar-refractivity contribution in [3.63, 3.8) is 0 Å². The van der Waals surface area contributed by atoms with Gasteiger partial charge in [0.25, 0.3) is 0 Å². The number of hydrogen-bond donors (Lipinski definition) is 1. The smallest absolute Gasteiger partial charge is 0.0452 e. The third-order valence-corrected chi connectivity index (χ3v) is 5.10. The van der Waals surface area contributed by atoms with Gasteiger partial charge in [0.2, 0.25) is 0 Å². The molecule has 1 heterocycles. The van der Waals surface area contributed by atoms with Crippen molar-refractivity contribution >= 4 is 27.3 Å². The van der Waals surface area contributed by atoms with Gasteiger partial charge >= 0.3 is 0 Å². The van der Waals surface area contributed by atoms with E-state index in [2.05, 4.69) is 41.3 Å². The molecule has 1 fully saturated rings. The van der Waals surface area contributed by atoms with Crippen LogP contribution >= 0.6 is 27.3 Å². The van der Waals surface area contributed by atoms with E-state index in [0.717, 1.165) is 5.92 Å². The molecule has 0 radical (unpaired) electrons. The third-order valence-electron chi connectivity index (χ3n) is 3.05. The van der Waals surface area contributed by atoms with Gasteiger partial charge in [0.05, 0.1) is 0 Å². The Hall–Kier alpha value is 0.140. The fourth-order valence-corrected chi connectivity index (χ4v) is 4.17. The van der Waals surface area contributed by atoms with Crippen molar-refractivity contribution in [2.24, 2.45) is 5.92 Å². The van der Waals surface area contributed by atoms with E-state index >= 15 is 0 Å². The molecule has 1 saturated carbocycles. The molecule has 1 atom stereocenters. The fraction of sp³-hybridized carbons (Fsp3) is 0.636. The highest BCUT2D eigenvalue weighted by Gasteiger charge is 2.29. The van der Waals surface area contributed by atoms with E-state index in [1.165, 1.54) is 33.5 Å². The molecular formula is C11H16BrNS. The highest BCUT2D eigenvalue weighted by Crippen LogP contribution is 2.42. The molecule has 0 aliphatic heterocycles. The molecule has 1 aliphatic carbocycles. The number of hydrogen-bond acceptors (Lipinski definition) is 2. The van der Waals surface area contributed by atoms with E-state index in [4.69, 9.17) is 0 Å². The summed E-state index contributed by atoms with van der Waals surface area (Å²) in [5.41, 5.74) is 0. The average Bonchev–Trinajstić information content (AvgIpc) is 2.37. The molecule has 1 aromatic rings. The zero-order valence-electron chi connectivity index (χ0n) is 8.64. The van der Waals surface area contributed by atoms with Gasteiger partial charge in [-0.1, -0.05) is 6.42 Å². The molecule has 1 N–H and O–H groups in total. The first-order valence-electron chi connectivity index (χ1n) is 5.15. The topological polar surface area (TPSA) is 12.0 Å². The van der Waals surface area contributed by atoms with Gasteiger partial charge in [-0.05, 0) is 54.7 Å². The van der Waals surface area contributed by atoms with Crippen LogP contribution in [0.2, 0.25) is 0 Å². The van der Waals surface area contributed by atoms with Gasteiger partial charge in [-0.3, -0.25) is 0 Å². The summed E-state index contributed by atoms with van der Waals surface area (Å²) in [5.74, 6) is 0.856. The molecule has 1 unspecified atom stereocenters. The van der Waals surface area contributed by atoms with E-state index in [1.807, 2.05) is 11.3 Å². The summed E-state index contributed by atoms with van der Waals surface area (Å²) < 4.78 is 1.28. The SMILES string of the molecule is CNC(c1sc(C)cc1Br)C1CCC1. The largest absolute Gasteiger partial charge is 0.312 e. The predicted octanol–water partition coefficient (Wildman–Crippen LogP) is 3.88. The fourth-order valence-electron chi connectivity index (χ4n) is 2.07. The van der Waals surface area contributed by atoms with Crippen molar-refractivity contribution < 1.29 is 0 Å². The summed E-state index contributed by atoms with van der Waals surface area (Å²) >= 11 is 5.57. The Morgan fingerprint density at radius 3 is 2.64 bits per heavy atom. The molecule has 1 nitrogen and oxygen atoms in total. The normalized spacial score (nSPS) is 19.4. The van der Waals surface area contributed by atoms with Crippen molar-refractivity contribution in [2.75, 3.05) is 7.05 Å². The second-order valence-corrected chi connectivity index (χ2v) is 6.17. The quantitative estimate of drug-likeness (QED) is 0.882. The maximum Gasteiger partial charge on any atom is 0.0452 e. The van der Waals surface area contributed by atoms with Crippen molar-refractivity contribution in [3.05, 3.63) is 20.3 Å². The highest BCUT2D eigenvalue weighted by molar-refractivity contribution is 9.10. The lowest BCUT2D eigenvalue weighted by atomic mass is 9.79. The lowest BCUT2D eigenvalue weighted by Gasteiger charge is -2.33. The minimum atomic E-state index is 0.567. The molecule has 3 heteroatoms. The van der Waals surface area contributed by atoms with E-state index in [-0.39, 0.29) is 0 Å². The molecule has 0 amide bonds. The van der Waals surface area contributed by atoms with Gasteiger partial charge in [-0.2, -0.15) is 0 Å². The highest BCUT2D eigenvalue weighted by atomic mass is 79.9. The minimum absolute atomic E-state index is 0.567. The van der Waals surface area contributed by atoms with Gasteiger partial charge < -0.3 is 5.32 Å². The molecule has 14 heavy (non-hydrogen) atoms. The standard InChI is InChI=1S/C11H16BrNS/c1-7-6-9(12)11(14-7)10(13-2)8-4-3-5-8/h6,8,10,13H,3-5H2,1-2H3. The molecule has 2 rings (SSSR count). The predicted molar refractivity (Wildman–Crippen MR) is 65.9 cm³/mol. The van der Waals surface area contributed by atoms with Crippen LogP contribution in [0.25, 0.3) is 0 Å². The van der Waals surface area contributed by atoms with Crippen molar-refractivity contribution in [3.8, 4) is 0 Å². The average molecular weight is 274 g/mol. The van der Waals surface area contributed by atoms with Crippen molar-refractivity contribution in [1.29, 1.82) is 0 Å². The Morgan fingerprint density at radius 2 is 2.29 bits per heavy atom. The molecule has 0 bridgehead atoms. The molecule has 78 valence electrons. The van der Waals surface area contributed by atoms with Crippen LogP contribution in [0.1, 0.15) is 35.1 Å². The van der Waals surface area contributed by atoms with Crippen LogP contribution < -0.4 is 5.32 Å². The third kappa shape index (κ3) is 1.90. The Labute approximate surface area is 98.0 Å². The lowest BCUT2D eigenvalue weighted by Crippen LogP contribution is -2.29. The first-order valence-corrected chi connectivity index (χ1v) is 6.76. The van der Waals surface area contributed by atoms with Crippen LogP contribution in [-0.4, -0.2) is 7.05 Å². The minimum Gasteiger partial charge on any atom is -0.312 e. The number of halogens is 1. The molecular weight excluding hydrogens is 258 g/mol. The summed E-state index contributed by atoms with van der Waals surface area (Å²) in [4.78, 5) is 2.88. The van der Waals surface area contributed by atoms with E-state index in [9.17, 15) is 0 Å². The maximum absolute atomic E-state index is 3.65. The van der Waals surface area contributed by atoms with Gasteiger partial charge in [-0.15, -0.1) is 11.3 Å². The lowest BCUT2D eigenvalue weighted by molar-refractivity contribution is 0.241. The molecule has 0 aromatic carbocycles. The van der Waals surface area contributed by atoms with Crippen LogP contribution in [0.3, 0.4) is 0 Å². The van der Waals surface area contributed by atoms with Crippen LogP contribution in [0.4, 0.5) is 0 Å². The van der Waals surface area contributed by atoms with Crippen LogP contribution in [0.5, 0.6) is 0 Å². The number of thiophene rings is 1. The number of nitrogens with one attached hydrogen (secondary N) is 1. The van der Waals surface area contributed by atoms with Crippen molar-refractivity contribution in [2.45, 2.75) is 32.2 Å². The van der Waals surface area contributed by atoms with E-state index < -0.39 is 0 Å². The summed E-state index contributed by atoms with van der Waals surface area (Å²) in [5, 5.41) is 3.45. The number of aryl methyl sites for hydroxylation is 1. The van der Waals surface area contributed by atoms with Crippen molar-refractivity contribution in [1.82, 2.24) is 5.32 Å². The van der Waals surface area contributed by atoms with E-state index in [1.54, 1.807) is 0 Å². The Bertz CT molecular complexity index is 317. The van der Waals surface area contributed by atoms with E-state index in [0.29, 0.717) is 6.04 Å². The first kappa shape index (κ1) is 10.7. The molecule has 0 saturated heterocycles. The summed E-state index contributed by atoms with van der Waals surface area (Å²) in [7, 11) is 2.07. The zero-order chi connectivity index (χ0) is 10.1. The first-order chi connectivity index (χ1) is 6.72. The maximum atomic E-state index is 3.65. The summed E-state index contributed by atoms with van der Waals surface area (Å²) in [6.45, 7) is 2.17. The second kappa shape index (κ2) is 4.33. The zero-order valence-corrected chi connectivity index (χ0v) is 11.0. The summed E-state index contributed by atoms with van der Waals surface area (Å²) in [6.07, 6.45) is 4.18.